The predicted molar refractivity (Wildman–Crippen MR) is 70.7 cm³/mol. The van der Waals surface area contributed by atoms with Crippen molar-refractivity contribution < 1.29 is 14.6 Å². The molecule has 0 heterocycles. The highest BCUT2D eigenvalue weighted by atomic mass is 16.6. The minimum Gasteiger partial charge on any atom is -0.450 e. The summed E-state index contributed by atoms with van der Waals surface area (Å²) in [5, 5.41) is 22.0. The van der Waals surface area contributed by atoms with Gasteiger partial charge in [0.1, 0.15) is 11.4 Å². The van der Waals surface area contributed by atoms with Crippen LogP contribution in [0, 0.1) is 20.2 Å². The van der Waals surface area contributed by atoms with Gasteiger partial charge in [0.05, 0.1) is 9.85 Å². The first-order valence-corrected chi connectivity index (χ1v) is 5.45. The smallest absolute Gasteiger partial charge is 0.390 e. The summed E-state index contributed by atoms with van der Waals surface area (Å²) < 4.78 is 5.31. The third-order valence-electron chi connectivity index (χ3n) is 2.48. The molecule has 2 aromatic rings. The van der Waals surface area contributed by atoms with Gasteiger partial charge in [0.15, 0.2) is 0 Å². The van der Waals surface area contributed by atoms with Crippen molar-refractivity contribution >= 4 is 17.1 Å². The second-order valence-corrected chi connectivity index (χ2v) is 3.78. The molecule has 0 atom stereocenters. The Morgan fingerprint density at radius 2 is 1.50 bits per heavy atom. The van der Waals surface area contributed by atoms with Gasteiger partial charge >= 0.3 is 11.4 Å². The maximum absolute atomic E-state index is 11.1. The molecular weight excluding hydrogens is 266 g/mol. The Hall–Kier alpha value is -3.16. The number of nitrogens with two attached hydrogens (primary N) is 1. The average Bonchev–Trinajstić information content (AvgIpc) is 2.41. The molecular formula is C12H9N3O5. The summed E-state index contributed by atoms with van der Waals surface area (Å²) in [6.07, 6.45) is 0. The minimum absolute atomic E-state index is 0.234. The van der Waals surface area contributed by atoms with Gasteiger partial charge in [-0.3, -0.25) is 20.2 Å². The topological polar surface area (TPSA) is 122 Å². The molecule has 0 aliphatic carbocycles. The van der Waals surface area contributed by atoms with E-state index in [-0.39, 0.29) is 11.4 Å². The van der Waals surface area contributed by atoms with Gasteiger partial charge in [-0.15, -0.1) is 0 Å². The predicted octanol–water partition coefficient (Wildman–Crippen LogP) is 2.88. The molecule has 0 aliphatic heterocycles. The zero-order valence-electron chi connectivity index (χ0n) is 10.1. The Balaban J connectivity index is 2.56. The Morgan fingerprint density at radius 1 is 0.900 bits per heavy atom. The summed E-state index contributed by atoms with van der Waals surface area (Å²) >= 11 is 0. The third kappa shape index (κ3) is 2.48. The molecule has 0 fully saturated rings. The number of nitro benzene ring substituents is 2. The van der Waals surface area contributed by atoms with E-state index in [1.54, 1.807) is 30.3 Å². The quantitative estimate of drug-likeness (QED) is 0.520. The van der Waals surface area contributed by atoms with Crippen LogP contribution in [0.4, 0.5) is 17.1 Å². The molecule has 2 aromatic carbocycles. The van der Waals surface area contributed by atoms with Crippen LogP contribution in [0.25, 0.3) is 0 Å². The summed E-state index contributed by atoms with van der Waals surface area (Å²) in [7, 11) is 0. The number of hydrogen-bond donors (Lipinski definition) is 1. The fourth-order valence-electron chi connectivity index (χ4n) is 1.64. The highest BCUT2D eigenvalue weighted by molar-refractivity contribution is 5.74. The van der Waals surface area contributed by atoms with Gasteiger partial charge in [-0.05, 0) is 24.3 Å². The van der Waals surface area contributed by atoms with Crippen molar-refractivity contribution in [3.63, 3.8) is 0 Å². The van der Waals surface area contributed by atoms with Gasteiger partial charge in [-0.25, -0.2) is 0 Å². The molecule has 102 valence electrons. The monoisotopic (exact) mass is 275 g/mol. The number of para-hydroxylation sites is 1. The lowest BCUT2D eigenvalue weighted by Gasteiger charge is -2.07. The Bertz CT molecular complexity index is 672. The Kier molecular flexibility index (Phi) is 3.47. The van der Waals surface area contributed by atoms with Crippen LogP contribution in [0.15, 0.2) is 42.5 Å². The molecule has 0 bridgehead atoms. The van der Waals surface area contributed by atoms with E-state index in [2.05, 4.69) is 0 Å². The van der Waals surface area contributed by atoms with Gasteiger partial charge < -0.3 is 10.5 Å². The first-order chi connectivity index (χ1) is 9.50. The van der Waals surface area contributed by atoms with E-state index in [1.807, 2.05) is 0 Å². The maximum Gasteiger partial charge on any atom is 0.390 e. The van der Waals surface area contributed by atoms with Gasteiger partial charge in [0, 0.05) is 0 Å². The molecule has 0 radical (unpaired) electrons. The second-order valence-electron chi connectivity index (χ2n) is 3.78. The van der Waals surface area contributed by atoms with Crippen molar-refractivity contribution in [2.24, 2.45) is 0 Å². The number of nitrogens with zero attached hydrogens (tertiary/aromatic N) is 2. The van der Waals surface area contributed by atoms with Gasteiger partial charge in [0.25, 0.3) is 0 Å². The van der Waals surface area contributed by atoms with Crippen molar-refractivity contribution in [2.45, 2.75) is 0 Å². The molecule has 0 saturated heterocycles. The fraction of sp³-hybridized carbons (Fsp3) is 0. The van der Waals surface area contributed by atoms with Crippen LogP contribution in [0.2, 0.25) is 0 Å². The average molecular weight is 275 g/mol. The van der Waals surface area contributed by atoms with Crippen molar-refractivity contribution in [3.05, 3.63) is 62.7 Å². The van der Waals surface area contributed by atoms with E-state index in [9.17, 15) is 20.2 Å². The highest BCUT2D eigenvalue weighted by Gasteiger charge is 2.33. The number of benzene rings is 2. The number of rotatable bonds is 4. The van der Waals surface area contributed by atoms with Crippen molar-refractivity contribution in [1.29, 1.82) is 0 Å². The molecule has 0 aromatic heterocycles. The molecule has 2 N–H and O–H groups in total. The van der Waals surface area contributed by atoms with E-state index in [0.29, 0.717) is 5.75 Å². The zero-order chi connectivity index (χ0) is 14.7. The summed E-state index contributed by atoms with van der Waals surface area (Å²) in [5.74, 6) is 0.0942. The van der Waals surface area contributed by atoms with Gasteiger partial charge in [-0.2, -0.15) is 0 Å². The number of anilines is 1. The standard InChI is InChI=1S/C12H9N3O5/c13-9-6-7-10(20-8-4-2-1-3-5-8)12(15(18)19)11(9)14(16)17/h1-7H,13H2. The number of ether oxygens (including phenoxy) is 1. The lowest BCUT2D eigenvalue weighted by atomic mass is 10.2. The zero-order valence-corrected chi connectivity index (χ0v) is 10.1. The summed E-state index contributed by atoms with van der Waals surface area (Å²) in [4.78, 5) is 20.2. The van der Waals surface area contributed by atoms with Gasteiger partial charge in [0.2, 0.25) is 5.75 Å². The van der Waals surface area contributed by atoms with Crippen LogP contribution in [-0.4, -0.2) is 9.85 Å². The Labute approximate surface area is 112 Å². The van der Waals surface area contributed by atoms with E-state index >= 15 is 0 Å². The fourth-order valence-corrected chi connectivity index (χ4v) is 1.64. The summed E-state index contributed by atoms with van der Waals surface area (Å²) in [5.41, 5.74) is 3.59. The van der Waals surface area contributed by atoms with E-state index in [0.717, 1.165) is 0 Å². The molecule has 2 rings (SSSR count). The first kappa shape index (κ1) is 13.3. The van der Waals surface area contributed by atoms with Crippen LogP contribution < -0.4 is 10.5 Å². The second kappa shape index (κ2) is 5.22. The molecule has 8 heteroatoms. The molecule has 0 unspecified atom stereocenters. The van der Waals surface area contributed by atoms with Crippen molar-refractivity contribution in [1.82, 2.24) is 0 Å². The van der Waals surface area contributed by atoms with Crippen LogP contribution in [0.1, 0.15) is 0 Å². The largest absolute Gasteiger partial charge is 0.450 e. The van der Waals surface area contributed by atoms with Crippen LogP contribution in [0.5, 0.6) is 11.5 Å². The highest BCUT2D eigenvalue weighted by Crippen LogP contribution is 2.42. The van der Waals surface area contributed by atoms with Crippen molar-refractivity contribution in [3.8, 4) is 11.5 Å². The Morgan fingerprint density at radius 3 is 2.05 bits per heavy atom. The third-order valence-corrected chi connectivity index (χ3v) is 2.48. The molecule has 0 aliphatic rings. The summed E-state index contributed by atoms with van der Waals surface area (Å²) in [6, 6.07) is 10.7. The lowest BCUT2D eigenvalue weighted by molar-refractivity contribution is -0.422. The molecule has 0 spiro atoms. The first-order valence-electron chi connectivity index (χ1n) is 5.45. The van der Waals surface area contributed by atoms with Crippen LogP contribution in [-0.2, 0) is 0 Å². The SMILES string of the molecule is Nc1ccc(Oc2ccccc2)c([N+](=O)[O-])c1[N+](=O)[O-]. The maximum atomic E-state index is 11.1. The molecule has 0 saturated carbocycles. The lowest BCUT2D eigenvalue weighted by Crippen LogP contribution is -2.02. The normalized spacial score (nSPS) is 10.0. The van der Waals surface area contributed by atoms with E-state index in [4.69, 9.17) is 10.5 Å². The minimum atomic E-state index is -0.898. The summed E-state index contributed by atoms with van der Waals surface area (Å²) in [6.45, 7) is 0. The van der Waals surface area contributed by atoms with Crippen LogP contribution >= 0.6 is 0 Å². The van der Waals surface area contributed by atoms with Gasteiger partial charge in [-0.1, -0.05) is 18.2 Å². The number of nitro groups is 2. The van der Waals surface area contributed by atoms with E-state index < -0.39 is 21.2 Å². The molecule has 0 amide bonds. The van der Waals surface area contributed by atoms with Crippen LogP contribution in [0.3, 0.4) is 0 Å². The number of nitrogen functional groups attached to an aromatic ring is 1. The van der Waals surface area contributed by atoms with E-state index in [1.165, 1.54) is 12.1 Å². The molecule has 8 nitrogen and oxygen atoms in total. The van der Waals surface area contributed by atoms with Crippen molar-refractivity contribution in [2.75, 3.05) is 5.73 Å². The molecule has 20 heavy (non-hydrogen) atoms. The number of hydrogen-bond acceptors (Lipinski definition) is 6.